The van der Waals surface area contributed by atoms with Gasteiger partial charge in [-0.25, -0.2) is 0 Å². The molecule has 2 amide bonds. The number of benzene rings is 1. The summed E-state index contributed by atoms with van der Waals surface area (Å²) in [5, 5.41) is 9.38. The molecule has 6 nitrogen and oxygen atoms in total. The monoisotopic (exact) mass is 422 g/mol. The summed E-state index contributed by atoms with van der Waals surface area (Å²) in [5.74, 6) is 0.649. The number of nitrogens with one attached hydrogen (secondary N) is 3. The van der Waals surface area contributed by atoms with Gasteiger partial charge in [0.25, 0.3) is 0 Å². The lowest BCUT2D eigenvalue weighted by Crippen LogP contribution is -2.47. The predicted octanol–water partition coefficient (Wildman–Crippen LogP) is 1.66. The van der Waals surface area contributed by atoms with Crippen LogP contribution in [0.25, 0.3) is 0 Å². The Morgan fingerprint density at radius 3 is 2.76 bits per heavy atom. The van der Waals surface area contributed by atoms with Gasteiger partial charge in [-0.05, 0) is 69.2 Å². The van der Waals surface area contributed by atoms with Crippen molar-refractivity contribution < 1.29 is 9.59 Å². The molecule has 2 unspecified atom stereocenters. The van der Waals surface area contributed by atoms with Gasteiger partial charge >= 0.3 is 0 Å². The highest BCUT2D eigenvalue weighted by Gasteiger charge is 2.25. The van der Waals surface area contributed by atoms with Crippen LogP contribution in [-0.4, -0.2) is 62.0 Å². The van der Waals surface area contributed by atoms with Gasteiger partial charge in [-0.3, -0.25) is 14.5 Å². The van der Waals surface area contributed by atoms with Crippen molar-refractivity contribution in [3.05, 3.63) is 35.4 Å². The van der Waals surface area contributed by atoms with E-state index >= 15 is 0 Å². The predicted molar refractivity (Wildman–Crippen MR) is 118 cm³/mol. The maximum absolute atomic E-state index is 12.3. The minimum Gasteiger partial charge on any atom is -0.355 e. The van der Waals surface area contributed by atoms with Crippen molar-refractivity contribution in [1.82, 2.24) is 20.9 Å². The first kappa shape index (κ1) is 23.6. The molecular weight excluding hydrogens is 388 g/mol. The lowest BCUT2D eigenvalue weighted by molar-refractivity contribution is -0.124. The second-order valence-electron chi connectivity index (χ2n) is 8.16. The third-order valence-electron chi connectivity index (χ3n) is 5.89. The summed E-state index contributed by atoms with van der Waals surface area (Å²) in [6, 6.07) is 8.29. The molecule has 2 fully saturated rings. The van der Waals surface area contributed by atoms with Gasteiger partial charge in [0.1, 0.15) is 0 Å². The highest BCUT2D eigenvalue weighted by atomic mass is 35.5. The van der Waals surface area contributed by atoms with E-state index in [1.807, 2.05) is 12.1 Å². The molecule has 1 aromatic carbocycles. The van der Waals surface area contributed by atoms with Gasteiger partial charge < -0.3 is 16.0 Å². The summed E-state index contributed by atoms with van der Waals surface area (Å²) in [6.45, 7) is 6.71. The molecular formula is C22H35ClN4O2. The molecule has 0 saturated carbocycles. The Morgan fingerprint density at radius 1 is 1.17 bits per heavy atom. The van der Waals surface area contributed by atoms with Crippen molar-refractivity contribution in [3.8, 4) is 0 Å². The second-order valence-corrected chi connectivity index (χ2v) is 8.16. The molecule has 3 rings (SSSR count). The number of nitrogens with zero attached hydrogens (tertiary/aromatic N) is 1. The van der Waals surface area contributed by atoms with E-state index in [0.29, 0.717) is 25.6 Å². The number of aryl methyl sites for hydroxylation is 1. The molecule has 7 heteroatoms. The number of piperidine rings is 1. The van der Waals surface area contributed by atoms with Crippen LogP contribution in [0.1, 0.15) is 36.8 Å². The van der Waals surface area contributed by atoms with E-state index in [0.717, 1.165) is 51.7 Å². The zero-order valence-electron chi connectivity index (χ0n) is 17.4. The van der Waals surface area contributed by atoms with Crippen LogP contribution >= 0.6 is 12.4 Å². The fraction of sp³-hybridized carbons (Fsp3) is 0.636. The topological polar surface area (TPSA) is 73.5 Å². The van der Waals surface area contributed by atoms with Gasteiger partial charge in [0, 0.05) is 19.6 Å². The molecule has 3 N–H and O–H groups in total. The van der Waals surface area contributed by atoms with Gasteiger partial charge in [0.05, 0.1) is 12.6 Å². The summed E-state index contributed by atoms with van der Waals surface area (Å²) in [4.78, 5) is 26.7. The number of rotatable bonds is 8. The molecule has 0 spiro atoms. The fourth-order valence-electron chi connectivity index (χ4n) is 4.22. The third kappa shape index (κ3) is 7.61. The maximum atomic E-state index is 12.3. The van der Waals surface area contributed by atoms with E-state index in [9.17, 15) is 9.59 Å². The summed E-state index contributed by atoms with van der Waals surface area (Å²) in [7, 11) is 0. The summed E-state index contributed by atoms with van der Waals surface area (Å²) in [5.41, 5.74) is 2.55. The first-order chi connectivity index (χ1) is 13.6. The summed E-state index contributed by atoms with van der Waals surface area (Å²) >= 11 is 0. The lowest BCUT2D eigenvalue weighted by Gasteiger charge is -2.32. The standard InChI is InChI=1S/C22H34N4O2.ClH/c1-17-6-2-3-8-19(17)10-12-24-21(27)16-26-13-5-7-18(15-26)14-25-22(28)20-9-4-11-23-20;/h2-3,6,8,18,20,23H,4-5,7,9-16H2,1H3,(H,24,27)(H,25,28);1H. The maximum Gasteiger partial charge on any atom is 0.237 e. The van der Waals surface area contributed by atoms with Gasteiger partial charge in [0.2, 0.25) is 11.8 Å². The van der Waals surface area contributed by atoms with Crippen molar-refractivity contribution in [2.45, 2.75) is 45.1 Å². The quantitative estimate of drug-likeness (QED) is 0.595. The Labute approximate surface area is 180 Å². The van der Waals surface area contributed by atoms with Crippen LogP contribution in [0.3, 0.4) is 0 Å². The SMILES string of the molecule is Cc1ccccc1CCNC(=O)CN1CCCC(CNC(=O)C2CCCN2)C1.Cl. The van der Waals surface area contributed by atoms with E-state index in [4.69, 9.17) is 0 Å². The van der Waals surface area contributed by atoms with E-state index in [-0.39, 0.29) is 30.3 Å². The average Bonchev–Trinajstić information content (AvgIpc) is 3.23. The Balaban J connectivity index is 0.00000300. The highest BCUT2D eigenvalue weighted by molar-refractivity contribution is 5.85. The molecule has 2 heterocycles. The first-order valence-corrected chi connectivity index (χ1v) is 10.7. The third-order valence-corrected chi connectivity index (χ3v) is 5.89. The molecule has 162 valence electrons. The highest BCUT2D eigenvalue weighted by Crippen LogP contribution is 2.16. The van der Waals surface area contributed by atoms with E-state index < -0.39 is 0 Å². The van der Waals surface area contributed by atoms with Crippen LogP contribution in [0, 0.1) is 12.8 Å². The van der Waals surface area contributed by atoms with Gasteiger partial charge in [-0.1, -0.05) is 24.3 Å². The van der Waals surface area contributed by atoms with Gasteiger partial charge in [-0.2, -0.15) is 0 Å². The fourth-order valence-corrected chi connectivity index (χ4v) is 4.22. The van der Waals surface area contributed by atoms with Crippen molar-refractivity contribution in [2.24, 2.45) is 5.92 Å². The Morgan fingerprint density at radius 2 is 2.00 bits per heavy atom. The van der Waals surface area contributed by atoms with Crippen molar-refractivity contribution >= 4 is 24.2 Å². The first-order valence-electron chi connectivity index (χ1n) is 10.7. The Hall–Kier alpha value is -1.63. The Kier molecular flexibility index (Phi) is 9.91. The largest absolute Gasteiger partial charge is 0.355 e. The minimum absolute atomic E-state index is 0. The number of carbonyl (C=O) groups excluding carboxylic acids is 2. The Bertz CT molecular complexity index is 664. The van der Waals surface area contributed by atoms with E-state index in [1.165, 1.54) is 11.1 Å². The molecule has 0 radical (unpaired) electrons. The van der Waals surface area contributed by atoms with Crippen molar-refractivity contribution in [1.29, 1.82) is 0 Å². The molecule has 0 bridgehead atoms. The number of amides is 2. The summed E-state index contributed by atoms with van der Waals surface area (Å²) in [6.07, 6.45) is 5.07. The number of hydrogen-bond acceptors (Lipinski definition) is 4. The molecule has 1 aromatic rings. The molecule has 29 heavy (non-hydrogen) atoms. The van der Waals surface area contributed by atoms with E-state index in [1.54, 1.807) is 0 Å². The molecule has 2 atom stereocenters. The van der Waals surface area contributed by atoms with Crippen LogP contribution in [0.5, 0.6) is 0 Å². The molecule has 2 saturated heterocycles. The number of hydrogen-bond donors (Lipinski definition) is 3. The van der Waals surface area contributed by atoms with Crippen LogP contribution in [0.2, 0.25) is 0 Å². The number of carbonyl (C=O) groups is 2. The molecule has 0 aromatic heterocycles. The van der Waals surface area contributed by atoms with Crippen molar-refractivity contribution in [2.75, 3.05) is 39.3 Å². The second kappa shape index (κ2) is 12.2. The molecule has 2 aliphatic rings. The van der Waals surface area contributed by atoms with Crippen LogP contribution < -0.4 is 16.0 Å². The summed E-state index contributed by atoms with van der Waals surface area (Å²) < 4.78 is 0. The van der Waals surface area contributed by atoms with Crippen molar-refractivity contribution in [3.63, 3.8) is 0 Å². The zero-order chi connectivity index (χ0) is 19.8. The van der Waals surface area contributed by atoms with Gasteiger partial charge in [-0.15, -0.1) is 12.4 Å². The van der Waals surface area contributed by atoms with E-state index in [2.05, 4.69) is 39.9 Å². The molecule has 0 aliphatic carbocycles. The zero-order valence-corrected chi connectivity index (χ0v) is 18.2. The van der Waals surface area contributed by atoms with Gasteiger partial charge in [0.15, 0.2) is 0 Å². The number of likely N-dealkylation sites (tertiary alicyclic amines) is 1. The minimum atomic E-state index is -0.0151. The normalized spacial score (nSPS) is 22.0. The lowest BCUT2D eigenvalue weighted by atomic mass is 9.98. The van der Waals surface area contributed by atoms with Crippen LogP contribution in [0.15, 0.2) is 24.3 Å². The van der Waals surface area contributed by atoms with Crippen LogP contribution in [-0.2, 0) is 16.0 Å². The average molecular weight is 423 g/mol. The number of halogens is 1. The smallest absolute Gasteiger partial charge is 0.237 e. The molecule has 2 aliphatic heterocycles. The van der Waals surface area contributed by atoms with Crippen LogP contribution in [0.4, 0.5) is 0 Å².